The maximum atomic E-state index is 12.3. The Morgan fingerprint density at radius 3 is 2.35 bits per heavy atom. The van der Waals surface area contributed by atoms with Crippen molar-refractivity contribution >= 4 is 39.1 Å². The van der Waals surface area contributed by atoms with Gasteiger partial charge < -0.3 is 10.2 Å². The summed E-state index contributed by atoms with van der Waals surface area (Å²) in [5.74, 6) is -0.262. The van der Waals surface area contributed by atoms with Gasteiger partial charge in [0.2, 0.25) is 21.8 Å². The third-order valence-electron chi connectivity index (χ3n) is 4.18. The monoisotopic (exact) mass is 402 g/mol. The van der Waals surface area contributed by atoms with Crippen molar-refractivity contribution in [2.75, 3.05) is 52.1 Å². The van der Waals surface area contributed by atoms with Crippen LogP contribution in [0.2, 0.25) is 5.02 Å². The quantitative estimate of drug-likeness (QED) is 0.782. The molecule has 1 aliphatic heterocycles. The zero-order valence-corrected chi connectivity index (χ0v) is 16.6. The highest BCUT2D eigenvalue weighted by Gasteiger charge is 2.22. The lowest BCUT2D eigenvalue weighted by Gasteiger charge is -2.33. The van der Waals surface area contributed by atoms with E-state index in [4.69, 9.17) is 11.6 Å². The van der Waals surface area contributed by atoms with Crippen LogP contribution < -0.4 is 5.32 Å². The van der Waals surface area contributed by atoms with Gasteiger partial charge in [-0.15, -0.1) is 0 Å². The SMILES string of the molecule is CC(=O)N1CCN(CC(=O)Nc2cc(S(=O)(=O)N(C)C)ccc2Cl)CC1. The fraction of sp³-hybridized carbons (Fsp3) is 0.500. The summed E-state index contributed by atoms with van der Waals surface area (Å²) in [4.78, 5) is 27.3. The number of hydrogen-bond acceptors (Lipinski definition) is 5. The predicted molar refractivity (Wildman–Crippen MR) is 99.6 cm³/mol. The van der Waals surface area contributed by atoms with Gasteiger partial charge in [0.15, 0.2) is 0 Å². The molecule has 8 nitrogen and oxygen atoms in total. The Balaban J connectivity index is 2.02. The topological polar surface area (TPSA) is 90.0 Å². The lowest BCUT2D eigenvalue weighted by Crippen LogP contribution is -2.49. The molecule has 1 saturated heterocycles. The highest BCUT2D eigenvalue weighted by Crippen LogP contribution is 2.26. The van der Waals surface area contributed by atoms with E-state index in [1.165, 1.54) is 39.2 Å². The van der Waals surface area contributed by atoms with Gasteiger partial charge in [0.05, 0.1) is 22.2 Å². The maximum absolute atomic E-state index is 12.3. The molecule has 0 radical (unpaired) electrons. The van der Waals surface area contributed by atoms with Crippen LogP contribution in [0.15, 0.2) is 23.1 Å². The molecule has 0 aliphatic carbocycles. The van der Waals surface area contributed by atoms with E-state index in [-0.39, 0.29) is 34.0 Å². The second-order valence-electron chi connectivity index (χ2n) is 6.26. The summed E-state index contributed by atoms with van der Waals surface area (Å²) < 4.78 is 25.5. The van der Waals surface area contributed by atoms with Crippen LogP contribution in [-0.2, 0) is 19.6 Å². The molecule has 1 aromatic rings. The molecule has 0 aromatic heterocycles. The van der Waals surface area contributed by atoms with Gasteiger partial charge in [-0.3, -0.25) is 14.5 Å². The van der Waals surface area contributed by atoms with E-state index in [2.05, 4.69) is 5.32 Å². The third kappa shape index (κ3) is 4.94. The number of nitrogens with one attached hydrogen (secondary N) is 1. The fourth-order valence-electron chi connectivity index (χ4n) is 2.59. The third-order valence-corrected chi connectivity index (χ3v) is 6.32. The normalized spacial score (nSPS) is 16.0. The van der Waals surface area contributed by atoms with Crippen molar-refractivity contribution in [2.24, 2.45) is 0 Å². The Labute approximate surface area is 158 Å². The number of hydrogen-bond donors (Lipinski definition) is 1. The first-order chi connectivity index (χ1) is 12.1. The molecule has 1 fully saturated rings. The van der Waals surface area contributed by atoms with Crippen molar-refractivity contribution in [1.29, 1.82) is 0 Å². The van der Waals surface area contributed by atoms with Crippen LogP contribution in [0.5, 0.6) is 0 Å². The van der Waals surface area contributed by atoms with Crippen LogP contribution in [0.1, 0.15) is 6.92 Å². The molecular formula is C16H23ClN4O4S. The van der Waals surface area contributed by atoms with Crippen LogP contribution >= 0.6 is 11.6 Å². The van der Waals surface area contributed by atoms with Crippen molar-refractivity contribution in [3.05, 3.63) is 23.2 Å². The summed E-state index contributed by atoms with van der Waals surface area (Å²) in [5, 5.41) is 2.93. The van der Waals surface area contributed by atoms with E-state index in [0.717, 1.165) is 4.31 Å². The van der Waals surface area contributed by atoms with Gasteiger partial charge >= 0.3 is 0 Å². The number of carbonyl (C=O) groups excluding carboxylic acids is 2. The van der Waals surface area contributed by atoms with Crippen LogP contribution in [-0.4, -0.2) is 81.2 Å². The molecule has 0 atom stereocenters. The van der Waals surface area contributed by atoms with Crippen molar-refractivity contribution in [2.45, 2.75) is 11.8 Å². The number of amides is 2. The summed E-state index contributed by atoms with van der Waals surface area (Å²) in [6.07, 6.45) is 0. The molecule has 144 valence electrons. The summed E-state index contributed by atoms with van der Waals surface area (Å²) in [7, 11) is -0.751. The van der Waals surface area contributed by atoms with E-state index in [1.54, 1.807) is 4.90 Å². The average Bonchev–Trinajstić information content (AvgIpc) is 2.57. The van der Waals surface area contributed by atoms with Gasteiger partial charge in [-0.1, -0.05) is 11.6 Å². The Morgan fingerprint density at radius 2 is 1.81 bits per heavy atom. The van der Waals surface area contributed by atoms with E-state index < -0.39 is 10.0 Å². The van der Waals surface area contributed by atoms with Crippen molar-refractivity contribution in [3.63, 3.8) is 0 Å². The zero-order valence-electron chi connectivity index (χ0n) is 15.0. The van der Waals surface area contributed by atoms with E-state index in [0.29, 0.717) is 26.2 Å². The van der Waals surface area contributed by atoms with Crippen LogP contribution in [0.25, 0.3) is 0 Å². The summed E-state index contributed by atoms with van der Waals surface area (Å²) >= 11 is 6.09. The molecule has 1 aliphatic rings. The Morgan fingerprint density at radius 1 is 1.19 bits per heavy atom. The molecule has 2 rings (SSSR count). The second kappa shape index (κ2) is 8.34. The van der Waals surface area contributed by atoms with Crippen molar-refractivity contribution in [1.82, 2.24) is 14.1 Å². The minimum absolute atomic E-state index is 0.0276. The minimum atomic E-state index is -3.62. The molecule has 26 heavy (non-hydrogen) atoms. The molecule has 0 spiro atoms. The van der Waals surface area contributed by atoms with E-state index in [9.17, 15) is 18.0 Å². The Kier molecular flexibility index (Phi) is 6.62. The molecule has 1 N–H and O–H groups in total. The molecule has 0 saturated carbocycles. The van der Waals surface area contributed by atoms with Crippen LogP contribution in [0, 0.1) is 0 Å². The van der Waals surface area contributed by atoms with Crippen LogP contribution in [0.3, 0.4) is 0 Å². The van der Waals surface area contributed by atoms with Gasteiger partial charge in [-0.25, -0.2) is 12.7 Å². The number of piperazine rings is 1. The fourth-order valence-corrected chi connectivity index (χ4v) is 3.68. The Bertz CT molecular complexity index is 789. The first-order valence-electron chi connectivity index (χ1n) is 8.11. The lowest BCUT2D eigenvalue weighted by molar-refractivity contribution is -0.130. The molecule has 1 aromatic carbocycles. The van der Waals surface area contributed by atoms with Gasteiger partial charge in [-0.05, 0) is 18.2 Å². The molecule has 2 amide bonds. The number of rotatable bonds is 5. The summed E-state index contributed by atoms with van der Waals surface area (Å²) in [5.41, 5.74) is 0.252. The first kappa shape index (κ1) is 20.6. The molecule has 1 heterocycles. The van der Waals surface area contributed by atoms with E-state index in [1.807, 2.05) is 4.90 Å². The maximum Gasteiger partial charge on any atom is 0.242 e. The summed E-state index contributed by atoms with van der Waals surface area (Å²) in [6.45, 7) is 4.05. The number of nitrogens with zero attached hydrogens (tertiary/aromatic N) is 3. The molecule has 10 heteroatoms. The van der Waals surface area contributed by atoms with Gasteiger partial charge in [0.1, 0.15) is 0 Å². The first-order valence-corrected chi connectivity index (χ1v) is 9.93. The van der Waals surface area contributed by atoms with Crippen molar-refractivity contribution in [3.8, 4) is 0 Å². The average molecular weight is 403 g/mol. The highest BCUT2D eigenvalue weighted by molar-refractivity contribution is 7.89. The van der Waals surface area contributed by atoms with Crippen LogP contribution in [0.4, 0.5) is 5.69 Å². The number of halogens is 1. The number of sulfonamides is 1. The standard InChI is InChI=1S/C16H23ClN4O4S/c1-12(22)21-8-6-20(7-9-21)11-16(23)18-15-10-13(4-5-14(15)17)26(24,25)19(2)3/h4-5,10H,6-9,11H2,1-3H3,(H,18,23). The van der Waals surface area contributed by atoms with Gasteiger partial charge in [0, 0.05) is 47.2 Å². The van der Waals surface area contributed by atoms with E-state index >= 15 is 0 Å². The Hall–Kier alpha value is -1.68. The number of anilines is 1. The summed E-state index contributed by atoms with van der Waals surface area (Å²) in [6, 6.07) is 4.19. The molecule has 0 bridgehead atoms. The zero-order chi connectivity index (χ0) is 19.5. The highest BCUT2D eigenvalue weighted by atomic mass is 35.5. The number of carbonyl (C=O) groups is 2. The van der Waals surface area contributed by atoms with Gasteiger partial charge in [0.25, 0.3) is 0 Å². The van der Waals surface area contributed by atoms with Gasteiger partial charge in [-0.2, -0.15) is 0 Å². The smallest absolute Gasteiger partial charge is 0.242 e. The minimum Gasteiger partial charge on any atom is -0.340 e. The second-order valence-corrected chi connectivity index (χ2v) is 8.82. The largest absolute Gasteiger partial charge is 0.340 e. The predicted octanol–water partition coefficient (Wildman–Crippen LogP) is 0.693. The molecular weight excluding hydrogens is 380 g/mol. The lowest BCUT2D eigenvalue weighted by atomic mass is 10.3. The number of benzene rings is 1. The van der Waals surface area contributed by atoms with Crippen molar-refractivity contribution < 1.29 is 18.0 Å². The molecule has 0 unspecified atom stereocenters.